The number of nitrogens with zero attached hydrogens (tertiary/aromatic N) is 3. The number of amides is 1. The number of hydrogen-bond donors (Lipinski definition) is 2. The summed E-state index contributed by atoms with van der Waals surface area (Å²) in [6.07, 6.45) is 3.70. The maximum absolute atomic E-state index is 12.5. The van der Waals surface area contributed by atoms with Gasteiger partial charge in [0.15, 0.2) is 0 Å². The monoisotopic (exact) mass is 518 g/mol. The van der Waals surface area contributed by atoms with Crippen molar-refractivity contribution in [1.82, 2.24) is 9.78 Å². The minimum absolute atomic E-state index is 0.0123. The number of hydrogen-bond acceptors (Lipinski definition) is 7. The number of carbonyl (C=O) groups is 2. The predicted molar refractivity (Wildman–Crippen MR) is 138 cm³/mol. The lowest BCUT2D eigenvalue weighted by atomic mass is 10.0. The van der Waals surface area contributed by atoms with Crippen molar-refractivity contribution < 1.29 is 19.4 Å². The summed E-state index contributed by atoms with van der Waals surface area (Å²) in [6.45, 7) is 1.80. The third-order valence-electron chi connectivity index (χ3n) is 6.40. The van der Waals surface area contributed by atoms with Crippen LogP contribution in [-0.4, -0.2) is 37.4 Å². The van der Waals surface area contributed by atoms with Gasteiger partial charge in [0.2, 0.25) is 0 Å². The number of fused-ring (bicyclic) bond motifs is 1. The van der Waals surface area contributed by atoms with Gasteiger partial charge in [-0.2, -0.15) is 10.4 Å². The van der Waals surface area contributed by atoms with Crippen LogP contribution in [0.15, 0.2) is 58.0 Å². The first-order chi connectivity index (χ1) is 17.3. The van der Waals surface area contributed by atoms with Crippen molar-refractivity contribution in [2.45, 2.75) is 36.4 Å². The van der Waals surface area contributed by atoms with Crippen molar-refractivity contribution in [2.24, 2.45) is 12.5 Å². The second-order valence-corrected chi connectivity index (χ2v) is 11.1. The molecular formula is C26H22N4O4S2. The number of aryl methyl sites for hydroxylation is 1. The molecule has 3 heterocycles. The molecule has 3 unspecified atom stereocenters. The molecule has 0 radical (unpaired) electrons. The van der Waals surface area contributed by atoms with Crippen molar-refractivity contribution in [2.75, 3.05) is 5.32 Å². The van der Waals surface area contributed by atoms with E-state index in [9.17, 15) is 20.0 Å². The molecule has 1 aromatic carbocycles. The molecule has 2 aliphatic heterocycles. The average molecular weight is 519 g/mol. The van der Waals surface area contributed by atoms with Crippen molar-refractivity contribution in [3.63, 3.8) is 0 Å². The van der Waals surface area contributed by atoms with Gasteiger partial charge in [-0.1, -0.05) is 42.2 Å². The molecule has 1 aromatic heterocycles. The SMILES string of the molecule is CC(OC(=O)Nc1c(C#CC2=CC3SC(C4(C(=O)O)CC4)=C(C#N)C3S2)cnn1C)c1ccccc1. The van der Waals surface area contributed by atoms with Crippen LogP contribution < -0.4 is 5.32 Å². The smallest absolute Gasteiger partial charge is 0.413 e. The zero-order chi connectivity index (χ0) is 25.4. The van der Waals surface area contributed by atoms with Gasteiger partial charge in [0.05, 0.1) is 39.0 Å². The number of carbonyl (C=O) groups excluding carboxylic acids is 1. The van der Waals surface area contributed by atoms with Gasteiger partial charge < -0.3 is 9.84 Å². The Morgan fingerprint density at radius 3 is 2.69 bits per heavy atom. The quantitative estimate of drug-likeness (QED) is 0.540. The largest absolute Gasteiger partial charge is 0.481 e. The lowest BCUT2D eigenvalue weighted by Crippen LogP contribution is -2.18. The summed E-state index contributed by atoms with van der Waals surface area (Å²) in [7, 11) is 1.70. The highest BCUT2D eigenvalue weighted by Gasteiger charge is 2.58. The third-order valence-corrected chi connectivity index (χ3v) is 9.37. The molecule has 5 rings (SSSR count). The number of thioether (sulfide) groups is 2. The number of benzene rings is 1. The first-order valence-electron chi connectivity index (χ1n) is 11.3. The Morgan fingerprint density at radius 1 is 1.28 bits per heavy atom. The van der Waals surface area contributed by atoms with E-state index in [4.69, 9.17) is 4.74 Å². The summed E-state index contributed by atoms with van der Waals surface area (Å²) in [4.78, 5) is 25.8. The number of carboxylic acid groups (broad SMARTS) is 1. The van der Waals surface area contributed by atoms with Crippen LogP contribution in [0.3, 0.4) is 0 Å². The minimum atomic E-state index is -0.872. The van der Waals surface area contributed by atoms with Gasteiger partial charge in [-0.15, -0.1) is 23.5 Å². The standard InChI is InChI=1S/C26H22N4O4S2/c1-15(16-6-4-3-5-7-16)34-25(33)29-23-17(14-28-30(23)2)8-9-18-12-20-21(35-18)19(13-27)22(36-20)26(10-11-26)24(31)32/h3-7,12,14-15,20-21H,10-11H2,1-2H3,(H,29,33)(H,31,32). The first-order valence-corrected chi connectivity index (χ1v) is 13.1. The Labute approximate surface area is 216 Å². The summed E-state index contributed by atoms with van der Waals surface area (Å²) in [6, 6.07) is 11.7. The number of carboxylic acids is 1. The molecule has 3 atom stereocenters. The Bertz CT molecular complexity index is 1410. The van der Waals surface area contributed by atoms with Crippen LogP contribution in [0, 0.1) is 28.6 Å². The fraction of sp³-hybridized carbons (Fsp3) is 0.308. The normalized spacial score (nSPS) is 22.0. The highest BCUT2D eigenvalue weighted by Crippen LogP contribution is 2.64. The Hall–Kier alpha value is -3.60. The molecule has 3 aliphatic rings. The molecule has 182 valence electrons. The first kappa shape index (κ1) is 24.1. The zero-order valence-corrected chi connectivity index (χ0v) is 21.2. The predicted octanol–water partition coefficient (Wildman–Crippen LogP) is 4.84. The summed E-state index contributed by atoms with van der Waals surface area (Å²) in [5.74, 6) is 5.76. The number of rotatable bonds is 5. The highest BCUT2D eigenvalue weighted by molar-refractivity contribution is 8.09. The second-order valence-electron chi connectivity index (χ2n) is 8.76. The van der Waals surface area contributed by atoms with E-state index in [1.165, 1.54) is 28.2 Å². The molecular weight excluding hydrogens is 496 g/mol. The van der Waals surface area contributed by atoms with Crippen LogP contribution in [0.5, 0.6) is 0 Å². The van der Waals surface area contributed by atoms with E-state index < -0.39 is 23.6 Å². The lowest BCUT2D eigenvalue weighted by Gasteiger charge is -2.14. The molecule has 1 fully saturated rings. The van der Waals surface area contributed by atoms with E-state index in [0.29, 0.717) is 34.7 Å². The van der Waals surface area contributed by atoms with E-state index in [1.54, 1.807) is 20.2 Å². The fourth-order valence-electron chi connectivity index (χ4n) is 4.23. The van der Waals surface area contributed by atoms with Gasteiger partial charge in [-0.25, -0.2) is 4.79 Å². The Morgan fingerprint density at radius 2 is 2.03 bits per heavy atom. The summed E-state index contributed by atoms with van der Waals surface area (Å²) in [5, 5.41) is 26.2. The molecule has 0 saturated heterocycles. The maximum atomic E-state index is 12.5. The Kier molecular flexibility index (Phi) is 6.33. The summed E-state index contributed by atoms with van der Waals surface area (Å²) in [5.41, 5.74) is 1.11. The van der Waals surface area contributed by atoms with Crippen LogP contribution >= 0.6 is 23.5 Å². The number of nitrogens with one attached hydrogen (secondary N) is 1. The molecule has 10 heteroatoms. The fourth-order valence-corrected chi connectivity index (χ4v) is 7.39. The van der Waals surface area contributed by atoms with Crippen LogP contribution in [0.4, 0.5) is 10.6 Å². The Balaban J connectivity index is 1.27. The van der Waals surface area contributed by atoms with Gasteiger partial charge in [-0.05, 0) is 31.4 Å². The second kappa shape index (κ2) is 9.45. The van der Waals surface area contributed by atoms with Crippen LogP contribution in [0.25, 0.3) is 0 Å². The molecule has 0 spiro atoms. The minimum Gasteiger partial charge on any atom is -0.481 e. The van der Waals surface area contributed by atoms with Gasteiger partial charge in [-0.3, -0.25) is 14.8 Å². The van der Waals surface area contributed by atoms with Crippen molar-refractivity contribution in [3.05, 3.63) is 69.1 Å². The number of aromatic nitrogens is 2. The summed E-state index contributed by atoms with van der Waals surface area (Å²) < 4.78 is 7.01. The molecule has 1 saturated carbocycles. The van der Waals surface area contributed by atoms with E-state index >= 15 is 0 Å². The van der Waals surface area contributed by atoms with E-state index in [2.05, 4.69) is 28.3 Å². The average Bonchev–Trinajstić information content (AvgIpc) is 3.33. The molecule has 8 nitrogen and oxygen atoms in total. The molecule has 0 bridgehead atoms. The number of anilines is 1. The van der Waals surface area contributed by atoms with Crippen LogP contribution in [-0.2, 0) is 16.6 Å². The zero-order valence-electron chi connectivity index (χ0n) is 19.5. The number of allylic oxidation sites excluding steroid dienone is 1. The topological polar surface area (TPSA) is 117 Å². The van der Waals surface area contributed by atoms with Gasteiger partial charge in [0, 0.05) is 17.2 Å². The van der Waals surface area contributed by atoms with E-state index in [0.717, 1.165) is 10.5 Å². The molecule has 1 amide bonds. The maximum Gasteiger partial charge on any atom is 0.413 e. The van der Waals surface area contributed by atoms with Crippen molar-refractivity contribution in [3.8, 4) is 17.9 Å². The molecule has 2 N–H and O–H groups in total. The van der Waals surface area contributed by atoms with E-state index in [1.807, 2.05) is 36.4 Å². The lowest BCUT2D eigenvalue weighted by molar-refractivity contribution is -0.141. The van der Waals surface area contributed by atoms with Gasteiger partial charge >= 0.3 is 12.1 Å². The third kappa shape index (κ3) is 4.39. The van der Waals surface area contributed by atoms with Crippen LogP contribution in [0.1, 0.15) is 37.0 Å². The number of ether oxygens (including phenoxy) is 1. The van der Waals surface area contributed by atoms with Gasteiger partial charge in [0.1, 0.15) is 11.9 Å². The molecule has 2 aromatic rings. The van der Waals surface area contributed by atoms with Gasteiger partial charge in [0.25, 0.3) is 0 Å². The summed E-state index contributed by atoms with van der Waals surface area (Å²) >= 11 is 2.96. The molecule has 36 heavy (non-hydrogen) atoms. The van der Waals surface area contributed by atoms with Crippen LogP contribution in [0.2, 0.25) is 0 Å². The molecule has 1 aliphatic carbocycles. The number of aliphatic carboxylic acids is 1. The number of nitriles is 1. The van der Waals surface area contributed by atoms with Crippen molar-refractivity contribution in [1.29, 1.82) is 5.26 Å². The highest BCUT2D eigenvalue weighted by atomic mass is 32.2. The van der Waals surface area contributed by atoms with Crippen molar-refractivity contribution >= 4 is 41.4 Å². The van der Waals surface area contributed by atoms with E-state index in [-0.39, 0.29) is 10.5 Å².